The maximum atomic E-state index is 12.9. The van der Waals surface area contributed by atoms with Crippen LogP contribution in [-0.2, 0) is 28.6 Å². The van der Waals surface area contributed by atoms with E-state index in [-0.39, 0.29) is 31.6 Å². The molecule has 0 aromatic heterocycles. The Morgan fingerprint density at radius 2 is 0.519 bits per heavy atom. The fourth-order valence-electron chi connectivity index (χ4n) is 9.26. The molecular formula is C73H124O6. The first-order chi connectivity index (χ1) is 39.0. The van der Waals surface area contributed by atoms with Crippen molar-refractivity contribution in [3.05, 3.63) is 109 Å². The average molecular weight is 1100 g/mol. The first-order valence-corrected chi connectivity index (χ1v) is 33.4. The van der Waals surface area contributed by atoms with Gasteiger partial charge in [-0.2, -0.15) is 0 Å². The molecule has 0 bridgehead atoms. The van der Waals surface area contributed by atoms with E-state index < -0.39 is 12.1 Å². The van der Waals surface area contributed by atoms with Gasteiger partial charge in [0.15, 0.2) is 6.10 Å². The lowest BCUT2D eigenvalue weighted by molar-refractivity contribution is -0.166. The van der Waals surface area contributed by atoms with Crippen molar-refractivity contribution in [1.29, 1.82) is 0 Å². The van der Waals surface area contributed by atoms with Crippen LogP contribution >= 0.6 is 0 Å². The van der Waals surface area contributed by atoms with Crippen LogP contribution in [0.2, 0.25) is 0 Å². The molecule has 0 aliphatic carbocycles. The molecule has 0 fully saturated rings. The summed E-state index contributed by atoms with van der Waals surface area (Å²) >= 11 is 0. The van der Waals surface area contributed by atoms with Crippen LogP contribution in [0.4, 0.5) is 0 Å². The molecule has 6 heteroatoms. The fraction of sp³-hybridized carbons (Fsp3) is 0.712. The van der Waals surface area contributed by atoms with Gasteiger partial charge in [-0.3, -0.25) is 14.4 Å². The average Bonchev–Trinajstić information content (AvgIpc) is 3.45. The van der Waals surface area contributed by atoms with E-state index in [4.69, 9.17) is 14.2 Å². The largest absolute Gasteiger partial charge is 0.462 e. The van der Waals surface area contributed by atoms with Gasteiger partial charge in [0, 0.05) is 19.3 Å². The minimum absolute atomic E-state index is 0.110. The first-order valence-electron chi connectivity index (χ1n) is 33.4. The molecule has 0 saturated heterocycles. The molecule has 0 rings (SSSR count). The zero-order valence-corrected chi connectivity index (χ0v) is 51.9. The minimum Gasteiger partial charge on any atom is -0.462 e. The molecular weight excluding hydrogens is 973 g/mol. The number of carbonyl (C=O) groups is 3. The summed E-state index contributed by atoms with van der Waals surface area (Å²) in [6, 6.07) is 0. The van der Waals surface area contributed by atoms with Crippen LogP contribution in [0.15, 0.2) is 109 Å². The van der Waals surface area contributed by atoms with Crippen LogP contribution in [0.25, 0.3) is 0 Å². The third-order valence-electron chi connectivity index (χ3n) is 14.2. The summed E-state index contributed by atoms with van der Waals surface area (Å²) in [5.41, 5.74) is 0. The lowest BCUT2D eigenvalue weighted by atomic mass is 10.0. The first kappa shape index (κ1) is 75.1. The predicted octanol–water partition coefficient (Wildman–Crippen LogP) is 23.0. The molecule has 6 nitrogen and oxygen atoms in total. The third kappa shape index (κ3) is 64.8. The molecule has 0 radical (unpaired) electrons. The summed E-state index contributed by atoms with van der Waals surface area (Å²) in [5.74, 6) is -0.990. The van der Waals surface area contributed by atoms with Gasteiger partial charge in [-0.1, -0.05) is 291 Å². The smallest absolute Gasteiger partial charge is 0.306 e. The van der Waals surface area contributed by atoms with Crippen molar-refractivity contribution in [1.82, 2.24) is 0 Å². The van der Waals surface area contributed by atoms with E-state index in [1.54, 1.807) is 0 Å². The zero-order chi connectivity index (χ0) is 57.1. The van der Waals surface area contributed by atoms with Crippen LogP contribution in [-0.4, -0.2) is 37.2 Å². The van der Waals surface area contributed by atoms with E-state index in [1.165, 1.54) is 186 Å². The van der Waals surface area contributed by atoms with Gasteiger partial charge in [-0.05, 0) is 116 Å². The topological polar surface area (TPSA) is 78.9 Å². The summed E-state index contributed by atoms with van der Waals surface area (Å²) < 4.78 is 16.9. The van der Waals surface area contributed by atoms with Gasteiger partial charge in [-0.25, -0.2) is 0 Å². The molecule has 0 aliphatic rings. The van der Waals surface area contributed by atoms with E-state index in [1.807, 2.05) is 6.08 Å². The van der Waals surface area contributed by atoms with Gasteiger partial charge in [0.05, 0.1) is 0 Å². The van der Waals surface area contributed by atoms with Gasteiger partial charge < -0.3 is 14.2 Å². The highest BCUT2D eigenvalue weighted by Gasteiger charge is 2.19. The Morgan fingerprint density at radius 3 is 0.835 bits per heavy atom. The Bertz CT molecular complexity index is 1590. The molecule has 0 spiro atoms. The Morgan fingerprint density at radius 1 is 0.266 bits per heavy atom. The van der Waals surface area contributed by atoms with E-state index in [0.29, 0.717) is 19.3 Å². The van der Waals surface area contributed by atoms with Gasteiger partial charge in [0.25, 0.3) is 0 Å². The highest BCUT2D eigenvalue weighted by molar-refractivity contribution is 5.71. The molecule has 0 amide bonds. The number of esters is 3. The molecule has 0 aromatic rings. The van der Waals surface area contributed by atoms with Crippen LogP contribution in [0.3, 0.4) is 0 Å². The number of carbonyl (C=O) groups excluding carboxylic acids is 3. The van der Waals surface area contributed by atoms with Gasteiger partial charge in [0.2, 0.25) is 0 Å². The predicted molar refractivity (Wildman–Crippen MR) is 343 cm³/mol. The molecule has 452 valence electrons. The number of unbranched alkanes of at least 4 members (excludes halogenated alkanes) is 31. The van der Waals surface area contributed by atoms with E-state index in [2.05, 4.69) is 124 Å². The maximum absolute atomic E-state index is 12.9. The van der Waals surface area contributed by atoms with E-state index in [9.17, 15) is 14.4 Å². The Balaban J connectivity index is 4.43. The Labute approximate surface area is 489 Å². The second kappa shape index (κ2) is 66.6. The number of hydrogen-bond donors (Lipinski definition) is 0. The van der Waals surface area contributed by atoms with Crippen molar-refractivity contribution in [3.8, 4) is 0 Å². The summed E-state index contributed by atoms with van der Waals surface area (Å²) in [7, 11) is 0. The van der Waals surface area contributed by atoms with Crippen molar-refractivity contribution >= 4 is 17.9 Å². The van der Waals surface area contributed by atoms with Gasteiger partial charge in [-0.15, -0.1) is 0 Å². The van der Waals surface area contributed by atoms with Crippen molar-refractivity contribution in [2.75, 3.05) is 13.2 Å². The second-order valence-electron chi connectivity index (χ2n) is 22.0. The normalized spacial score (nSPS) is 12.8. The van der Waals surface area contributed by atoms with E-state index in [0.717, 1.165) is 83.5 Å². The lowest BCUT2D eigenvalue weighted by Crippen LogP contribution is -2.30. The number of hydrogen-bond acceptors (Lipinski definition) is 6. The molecule has 0 heterocycles. The lowest BCUT2D eigenvalue weighted by Gasteiger charge is -2.18. The number of allylic oxidation sites excluding steroid dienone is 18. The minimum atomic E-state index is -0.824. The molecule has 1 atom stereocenters. The summed E-state index contributed by atoms with van der Waals surface area (Å²) in [6.07, 6.45) is 91.1. The van der Waals surface area contributed by atoms with Gasteiger partial charge in [0.1, 0.15) is 13.2 Å². The van der Waals surface area contributed by atoms with Crippen molar-refractivity contribution in [2.24, 2.45) is 0 Å². The maximum Gasteiger partial charge on any atom is 0.306 e. The van der Waals surface area contributed by atoms with Crippen molar-refractivity contribution in [3.63, 3.8) is 0 Å². The fourth-order valence-corrected chi connectivity index (χ4v) is 9.26. The van der Waals surface area contributed by atoms with Gasteiger partial charge >= 0.3 is 17.9 Å². The van der Waals surface area contributed by atoms with Crippen LogP contribution in [0.5, 0.6) is 0 Å². The SMILES string of the molecule is CC/C=C\C/C=C\C/C=C\C/C=C\C/C=C\C/C=C\CCC(=O)OC(COC(=O)CCCCCCCCC/C=C\CCCCCCCC)COC(=O)CCCCCCCCCCCCCCC/C=C\C/C=C\CCCCCCC. The Hall–Kier alpha value is -3.93. The zero-order valence-electron chi connectivity index (χ0n) is 51.9. The molecule has 79 heavy (non-hydrogen) atoms. The number of ether oxygens (including phenoxy) is 3. The van der Waals surface area contributed by atoms with Crippen molar-refractivity contribution in [2.45, 2.75) is 322 Å². The quantitative estimate of drug-likeness (QED) is 0.0261. The molecule has 0 N–H and O–H groups in total. The van der Waals surface area contributed by atoms with Crippen molar-refractivity contribution < 1.29 is 28.6 Å². The summed E-state index contributed by atoms with van der Waals surface area (Å²) in [4.78, 5) is 38.4. The van der Waals surface area contributed by atoms with E-state index >= 15 is 0 Å². The van der Waals surface area contributed by atoms with Crippen LogP contribution < -0.4 is 0 Å². The third-order valence-corrected chi connectivity index (χ3v) is 14.2. The Kier molecular flexibility index (Phi) is 63.3. The second-order valence-corrected chi connectivity index (χ2v) is 22.0. The number of rotatable bonds is 60. The highest BCUT2D eigenvalue weighted by atomic mass is 16.6. The molecule has 0 aliphatic heterocycles. The van der Waals surface area contributed by atoms with Crippen LogP contribution in [0.1, 0.15) is 316 Å². The summed E-state index contributed by atoms with van der Waals surface area (Å²) in [6.45, 7) is 6.47. The standard InChI is InChI=1S/C73H124O6/c1-4-7-10-13-16-19-22-25-28-31-33-34-35-36-37-38-40-42-45-48-51-54-57-60-63-66-72(75)78-69-70(68-77-71(74)65-62-59-56-53-50-47-44-41-30-27-24-21-18-15-12-9-6-3)79-73(76)67-64-61-58-55-52-49-46-43-39-32-29-26-23-20-17-14-11-8-5-2/h8,11,17,20,22,25-27,29-31,33,39,43,49,52,58,61,70H,4-7,9-10,12-16,18-19,21,23-24,28,32,34-38,40-42,44-48,50-51,53-57,59-60,62-69H2,1-3H3/b11-8-,20-17-,25-22-,29-26-,30-27-,33-31-,43-39-,52-49-,61-58-. The summed E-state index contributed by atoms with van der Waals surface area (Å²) in [5, 5.41) is 0. The molecule has 0 saturated carbocycles. The molecule has 0 aromatic carbocycles. The molecule has 1 unspecified atom stereocenters. The highest BCUT2D eigenvalue weighted by Crippen LogP contribution is 2.16. The van der Waals surface area contributed by atoms with Crippen LogP contribution in [0, 0.1) is 0 Å². The monoisotopic (exact) mass is 1100 g/mol.